The van der Waals surface area contributed by atoms with Gasteiger partial charge in [-0.25, -0.2) is 4.79 Å². The van der Waals surface area contributed by atoms with Crippen molar-refractivity contribution in [3.8, 4) is 0 Å². The molecular weight excluding hydrogens is 784 g/mol. The molecule has 324 valence electrons. The van der Waals surface area contributed by atoms with Crippen molar-refractivity contribution >= 4 is 64.3 Å². The summed E-state index contributed by atoms with van der Waals surface area (Å²) in [7, 11) is 0. The molecule has 1 aromatic heterocycles. The Balaban J connectivity index is 1.93. The van der Waals surface area contributed by atoms with E-state index in [0.717, 1.165) is 0 Å². The van der Waals surface area contributed by atoms with Gasteiger partial charge in [-0.15, -0.1) is 0 Å². The lowest BCUT2D eigenvalue weighted by Gasteiger charge is -2.28. The number of aliphatic carboxylic acids is 3. The molecule has 0 aliphatic heterocycles. The Morgan fingerprint density at radius 3 is 1.78 bits per heavy atom. The minimum absolute atomic E-state index is 0.0902. The first-order valence-corrected chi connectivity index (χ1v) is 19.2. The fraction of sp³-hybridized carbons (Fsp3) is 0.425. The van der Waals surface area contributed by atoms with E-state index in [1.165, 1.54) is 0 Å². The highest BCUT2D eigenvalue weighted by Crippen LogP contribution is 2.20. The van der Waals surface area contributed by atoms with Crippen molar-refractivity contribution in [1.82, 2.24) is 31.6 Å². The molecular formula is C40H52N8O12. The molecule has 20 heteroatoms. The summed E-state index contributed by atoms with van der Waals surface area (Å²) in [5.74, 6) is -10.3. The van der Waals surface area contributed by atoms with E-state index in [1.54, 1.807) is 74.6 Å². The highest BCUT2D eigenvalue weighted by molar-refractivity contribution is 5.97. The molecule has 0 saturated heterocycles. The molecule has 7 atom stereocenters. The van der Waals surface area contributed by atoms with Gasteiger partial charge < -0.3 is 58.4 Å². The van der Waals surface area contributed by atoms with Crippen LogP contribution < -0.4 is 38.1 Å². The number of carboxylic acids is 3. The van der Waals surface area contributed by atoms with Crippen LogP contribution in [0.3, 0.4) is 0 Å². The zero-order chi connectivity index (χ0) is 44.5. The summed E-state index contributed by atoms with van der Waals surface area (Å²) in [6.45, 7) is 3.29. The van der Waals surface area contributed by atoms with E-state index in [9.17, 15) is 53.4 Å². The monoisotopic (exact) mass is 836 g/mol. The second-order valence-corrected chi connectivity index (χ2v) is 14.3. The molecule has 1 heterocycles. The first-order valence-electron chi connectivity index (χ1n) is 19.2. The Morgan fingerprint density at radius 2 is 1.20 bits per heavy atom. The molecule has 6 amide bonds. The largest absolute Gasteiger partial charge is 0.481 e. The van der Waals surface area contributed by atoms with Crippen LogP contribution >= 0.6 is 0 Å². The minimum Gasteiger partial charge on any atom is -0.481 e. The van der Waals surface area contributed by atoms with E-state index in [4.69, 9.17) is 16.6 Å². The number of primary amides is 1. The molecule has 20 nitrogen and oxygen atoms in total. The topological polar surface area (TPSA) is 342 Å². The molecule has 3 aromatic rings. The van der Waals surface area contributed by atoms with Crippen LogP contribution in [0.1, 0.15) is 63.5 Å². The Morgan fingerprint density at radius 1 is 0.650 bits per heavy atom. The number of fused-ring (bicyclic) bond motifs is 1. The van der Waals surface area contributed by atoms with Gasteiger partial charge in [0, 0.05) is 42.8 Å². The molecule has 0 fully saturated rings. The number of aromatic nitrogens is 1. The van der Waals surface area contributed by atoms with Crippen molar-refractivity contribution < 1.29 is 58.5 Å². The molecule has 2 aromatic carbocycles. The summed E-state index contributed by atoms with van der Waals surface area (Å²) in [6.07, 6.45) is -1.04. The van der Waals surface area contributed by atoms with E-state index < -0.39 is 128 Å². The smallest absolute Gasteiger partial charge is 0.326 e. The highest BCUT2D eigenvalue weighted by atomic mass is 16.4. The van der Waals surface area contributed by atoms with E-state index in [0.29, 0.717) is 28.5 Å². The number of carbonyl (C=O) groups excluding carboxylic acids is 6. The predicted molar refractivity (Wildman–Crippen MR) is 214 cm³/mol. The van der Waals surface area contributed by atoms with Crippen LogP contribution in [0.25, 0.3) is 10.9 Å². The molecule has 0 aliphatic carbocycles. The number of rotatable bonds is 25. The first kappa shape index (κ1) is 47.5. The lowest BCUT2D eigenvalue weighted by Crippen LogP contribution is -2.60. The number of benzene rings is 2. The average Bonchev–Trinajstić information content (AvgIpc) is 3.61. The minimum atomic E-state index is -1.63. The second-order valence-electron chi connectivity index (χ2n) is 14.3. The number of nitrogens with two attached hydrogens (primary N) is 2. The van der Waals surface area contributed by atoms with Crippen molar-refractivity contribution in [1.29, 1.82) is 0 Å². The molecule has 13 N–H and O–H groups in total. The summed E-state index contributed by atoms with van der Waals surface area (Å²) in [6, 6.07) is 6.67. The second kappa shape index (κ2) is 22.9. The molecule has 3 rings (SSSR count). The summed E-state index contributed by atoms with van der Waals surface area (Å²) in [5.41, 5.74) is 12.9. The third-order valence-electron chi connectivity index (χ3n) is 9.75. The van der Waals surface area contributed by atoms with Crippen molar-refractivity contribution in [2.75, 3.05) is 0 Å². The van der Waals surface area contributed by atoms with E-state index in [2.05, 4.69) is 31.6 Å². The molecule has 60 heavy (non-hydrogen) atoms. The number of aromatic amines is 1. The summed E-state index contributed by atoms with van der Waals surface area (Å²) < 4.78 is 0. The normalized spacial score (nSPS) is 14.5. The summed E-state index contributed by atoms with van der Waals surface area (Å²) >= 11 is 0. The Hall–Kier alpha value is -6.83. The Bertz CT molecular complexity index is 2020. The van der Waals surface area contributed by atoms with Gasteiger partial charge >= 0.3 is 17.9 Å². The Labute approximate surface area is 344 Å². The van der Waals surface area contributed by atoms with Crippen molar-refractivity contribution in [2.24, 2.45) is 17.4 Å². The summed E-state index contributed by atoms with van der Waals surface area (Å²) in [5, 5.41) is 41.5. The number of para-hydroxylation sites is 1. The maximum absolute atomic E-state index is 14.1. The van der Waals surface area contributed by atoms with Crippen molar-refractivity contribution in [3.63, 3.8) is 0 Å². The number of nitrogens with one attached hydrogen (secondary N) is 6. The third kappa shape index (κ3) is 14.8. The van der Waals surface area contributed by atoms with Crippen LogP contribution in [0.2, 0.25) is 0 Å². The fourth-order valence-electron chi connectivity index (χ4n) is 6.19. The molecule has 0 aliphatic rings. The van der Waals surface area contributed by atoms with Crippen LogP contribution in [0, 0.1) is 5.92 Å². The maximum Gasteiger partial charge on any atom is 0.326 e. The van der Waals surface area contributed by atoms with Crippen LogP contribution in [-0.4, -0.2) is 110 Å². The first-order chi connectivity index (χ1) is 28.4. The molecule has 0 saturated carbocycles. The fourth-order valence-corrected chi connectivity index (χ4v) is 6.19. The van der Waals surface area contributed by atoms with E-state index in [-0.39, 0.29) is 12.8 Å². The van der Waals surface area contributed by atoms with Crippen LogP contribution in [0.15, 0.2) is 60.8 Å². The van der Waals surface area contributed by atoms with Gasteiger partial charge in [0.15, 0.2) is 0 Å². The third-order valence-corrected chi connectivity index (χ3v) is 9.75. The number of H-pyrrole nitrogens is 1. The number of hydrogen-bond acceptors (Lipinski definition) is 10. The van der Waals surface area contributed by atoms with Gasteiger partial charge in [0.1, 0.15) is 30.2 Å². The molecule has 0 bridgehead atoms. The maximum atomic E-state index is 14.1. The SMILES string of the molecule is CC[C@H](C)[C@H](NC(=O)[C@@H](N)CC(=O)O)C(=O)N[C@@H](CCC(=O)O)C(=O)N[C@@H](CCC(N)=O)C(=O)N[C@@H](Cc1c[nH]c2ccccc12)C(=O)N[C@@H](Cc1ccccc1)C(=O)O. The van der Waals surface area contributed by atoms with Gasteiger partial charge in [0.05, 0.1) is 12.5 Å². The summed E-state index contributed by atoms with van der Waals surface area (Å²) in [4.78, 5) is 118. The van der Waals surface area contributed by atoms with Gasteiger partial charge in [-0.3, -0.25) is 38.4 Å². The van der Waals surface area contributed by atoms with Crippen LogP contribution in [0.5, 0.6) is 0 Å². The predicted octanol–water partition coefficient (Wildman–Crippen LogP) is -0.560. The molecule has 0 spiro atoms. The van der Waals surface area contributed by atoms with Gasteiger partial charge in [0.25, 0.3) is 0 Å². The van der Waals surface area contributed by atoms with Gasteiger partial charge in [-0.1, -0.05) is 68.8 Å². The highest BCUT2D eigenvalue weighted by Gasteiger charge is 2.35. The van der Waals surface area contributed by atoms with Crippen LogP contribution in [-0.2, 0) is 56.0 Å². The van der Waals surface area contributed by atoms with Crippen molar-refractivity contribution in [2.45, 2.75) is 101 Å². The number of carbonyl (C=O) groups is 9. The van der Waals surface area contributed by atoms with Gasteiger partial charge in [-0.2, -0.15) is 0 Å². The molecule has 0 radical (unpaired) electrons. The lowest BCUT2D eigenvalue weighted by molar-refractivity contribution is -0.142. The molecule has 0 unspecified atom stereocenters. The Kier molecular flexibility index (Phi) is 18.2. The number of hydrogen-bond donors (Lipinski definition) is 11. The van der Waals surface area contributed by atoms with E-state index >= 15 is 0 Å². The van der Waals surface area contributed by atoms with Crippen LogP contribution in [0.4, 0.5) is 0 Å². The zero-order valence-corrected chi connectivity index (χ0v) is 33.1. The number of amides is 6. The number of carboxylic acid groups (broad SMARTS) is 3. The van der Waals surface area contributed by atoms with Gasteiger partial charge in [-0.05, 0) is 36.0 Å². The van der Waals surface area contributed by atoms with Gasteiger partial charge in [0.2, 0.25) is 35.4 Å². The van der Waals surface area contributed by atoms with E-state index in [1.807, 2.05) is 0 Å². The lowest BCUT2D eigenvalue weighted by atomic mass is 9.97. The quantitative estimate of drug-likeness (QED) is 0.0511. The zero-order valence-electron chi connectivity index (χ0n) is 33.1. The van der Waals surface area contributed by atoms with Crippen molar-refractivity contribution in [3.05, 3.63) is 71.9 Å². The average molecular weight is 837 g/mol. The standard InChI is InChI=1S/C40H52N8O12/c1-3-21(2)34(48-35(54)25(41)19-33(52)53)39(58)45-28(14-16-32(50)51)36(55)44-27(13-15-31(42)49)37(56)46-29(18-23-20-43-26-12-8-7-11-24(23)26)38(57)47-30(40(59)60)17-22-9-5-4-6-10-22/h4-12,20-21,25,27-30,34,43H,3,13-19,41H2,1-2H3,(H2,42,49)(H,44,55)(H,45,58)(H,46,56)(H,47,57)(H,48,54)(H,50,51)(H,52,53)(H,59,60)/t21-,25-,27-,28-,29-,30-,34-/m0/s1.